The molecule has 0 radical (unpaired) electrons. The monoisotopic (exact) mass is 926 g/mol. The Kier molecular flexibility index (Phi) is 17.5. The fraction of sp³-hybridized carbons (Fsp3) is 0.571. The number of rotatable bonds is 16. The summed E-state index contributed by atoms with van der Waals surface area (Å²) in [6.07, 6.45) is -15.5. The Morgan fingerprint density at radius 2 is 1.40 bits per heavy atom. The van der Waals surface area contributed by atoms with E-state index in [0.29, 0.717) is 5.56 Å². The molecule has 5 rings (SSSR count). The summed E-state index contributed by atoms with van der Waals surface area (Å²) in [5.74, 6) is -5.54. The number of allylic oxidation sites excluding steroid dienone is 2. The molecule has 4 heterocycles. The molecular formula is C42H54O23. The molecule has 0 unspecified atom stereocenters. The highest BCUT2D eigenvalue weighted by molar-refractivity contribution is 5.91. The van der Waals surface area contributed by atoms with Crippen molar-refractivity contribution in [3.63, 3.8) is 0 Å². The molecule has 2 saturated heterocycles. The summed E-state index contributed by atoms with van der Waals surface area (Å²) in [6.45, 7) is 1.33. The van der Waals surface area contributed by atoms with E-state index in [9.17, 15) is 65.1 Å². The summed E-state index contributed by atoms with van der Waals surface area (Å²) in [6, 6.07) is 4.09. The van der Waals surface area contributed by atoms with E-state index in [1.165, 1.54) is 50.3 Å². The molecule has 0 spiro atoms. The van der Waals surface area contributed by atoms with Gasteiger partial charge in [-0.05, 0) is 37.6 Å². The van der Waals surface area contributed by atoms with E-state index in [-0.39, 0.29) is 41.2 Å². The number of carbonyl (C=O) groups is 4. The van der Waals surface area contributed by atoms with Crippen molar-refractivity contribution in [2.75, 3.05) is 34.0 Å². The second-order valence-corrected chi connectivity index (χ2v) is 15.2. The highest BCUT2D eigenvalue weighted by atomic mass is 16.8. The minimum atomic E-state index is -1.96. The Morgan fingerprint density at radius 1 is 0.754 bits per heavy atom. The van der Waals surface area contributed by atoms with Crippen LogP contribution in [-0.4, -0.2) is 178 Å². The summed E-state index contributed by atoms with van der Waals surface area (Å²) in [4.78, 5) is 52.8. The van der Waals surface area contributed by atoms with Gasteiger partial charge in [0.15, 0.2) is 24.1 Å². The zero-order valence-corrected chi connectivity index (χ0v) is 35.6. The first-order chi connectivity index (χ1) is 30.9. The van der Waals surface area contributed by atoms with Gasteiger partial charge in [-0.25, -0.2) is 4.79 Å². The first-order valence-electron chi connectivity index (χ1n) is 20.3. The highest BCUT2D eigenvalue weighted by Gasteiger charge is 2.52. The Labute approximate surface area is 371 Å². The molecular weight excluding hydrogens is 872 g/mol. The van der Waals surface area contributed by atoms with Crippen LogP contribution in [0.5, 0.6) is 11.5 Å². The average molecular weight is 927 g/mol. The van der Waals surface area contributed by atoms with Crippen molar-refractivity contribution >= 4 is 23.9 Å². The number of methoxy groups -OCH3 is 2. The number of esters is 4. The van der Waals surface area contributed by atoms with Gasteiger partial charge in [-0.2, -0.15) is 0 Å². The molecule has 360 valence electrons. The van der Waals surface area contributed by atoms with Crippen LogP contribution in [0.3, 0.4) is 0 Å². The minimum absolute atomic E-state index is 0.00816. The largest absolute Gasteiger partial charge is 0.504 e. The van der Waals surface area contributed by atoms with Crippen LogP contribution in [0.25, 0.3) is 0 Å². The quantitative estimate of drug-likeness (QED) is 0.0378. The Bertz CT molecular complexity index is 1980. The average Bonchev–Trinajstić information content (AvgIpc) is 3.29. The minimum Gasteiger partial charge on any atom is -0.504 e. The van der Waals surface area contributed by atoms with Gasteiger partial charge in [0.1, 0.15) is 60.9 Å². The number of aliphatic hydroxyl groups is 7. The van der Waals surface area contributed by atoms with E-state index in [1.54, 1.807) is 0 Å². The number of hydrogen-bond acceptors (Lipinski definition) is 23. The summed E-state index contributed by atoms with van der Waals surface area (Å²) in [5, 5.41) is 92.5. The lowest BCUT2D eigenvalue weighted by Crippen LogP contribution is -2.60. The number of aromatic hydroxyl groups is 2. The lowest BCUT2D eigenvalue weighted by atomic mass is 9.75. The SMILES string of the molecule is C/C=C1/[C@H](O[C@@H]2O[C@H](CO)[C@@H](O)[C@H](O)[C@H]2O)OC=C(C(=O)OC)[C@H]1CC(=O)OC[C@H]1O[C@@H](O[C@@H]2OC=C[C@](CC(=O)OCCc3ccc(O)c(O)c3)(C(=O)OC)/C2=C\C)[C@H](O)[C@@H](O)[C@@H]1O. The van der Waals surface area contributed by atoms with Gasteiger partial charge >= 0.3 is 23.9 Å². The molecule has 14 atom stereocenters. The standard InChI is InChI=1S/C42H54O23/c1-5-20-21(22(36(54)56-3)17-61-37(20)64-39-34(52)32(50)30(48)26(16-43)62-39)14-28(46)60-18-27-31(49)33(51)35(53)40(63-27)65-38-23(6-2)42(10-12-59-38,41(55)57-4)15-29(47)58-11-9-19-7-8-24(44)25(45)13-19/h5-8,10,12-13,17,21,26-27,30-35,37-40,43-45,48-53H,9,11,14-16,18H2,1-4H3/b20-5+,23-6-/t21-,26+,27+,30+,31+,32-,33-,34+,35+,37-,38-,39-,40-,42+/m0/s1. The summed E-state index contributed by atoms with van der Waals surface area (Å²) < 4.78 is 54.8. The first kappa shape index (κ1) is 50.8. The number of phenols is 2. The van der Waals surface area contributed by atoms with Crippen molar-refractivity contribution < 1.29 is 113 Å². The molecule has 0 aliphatic carbocycles. The van der Waals surface area contributed by atoms with Crippen LogP contribution in [0.15, 0.2) is 65.7 Å². The second-order valence-electron chi connectivity index (χ2n) is 15.2. The van der Waals surface area contributed by atoms with Crippen molar-refractivity contribution in [2.24, 2.45) is 11.3 Å². The van der Waals surface area contributed by atoms with Gasteiger partial charge in [-0.15, -0.1) is 0 Å². The summed E-state index contributed by atoms with van der Waals surface area (Å²) in [5.41, 5.74) is -1.39. The van der Waals surface area contributed by atoms with E-state index in [1.807, 2.05) is 0 Å². The molecule has 0 amide bonds. The van der Waals surface area contributed by atoms with Crippen LogP contribution >= 0.6 is 0 Å². The molecule has 0 aromatic heterocycles. The van der Waals surface area contributed by atoms with Gasteiger partial charge in [0, 0.05) is 23.5 Å². The zero-order valence-electron chi connectivity index (χ0n) is 35.6. The number of ether oxygens (including phenoxy) is 10. The van der Waals surface area contributed by atoms with E-state index in [2.05, 4.69) is 0 Å². The van der Waals surface area contributed by atoms with Gasteiger partial charge in [0.05, 0.1) is 58.4 Å². The van der Waals surface area contributed by atoms with E-state index in [4.69, 9.17) is 47.4 Å². The molecule has 9 N–H and O–H groups in total. The molecule has 1 aromatic rings. The van der Waals surface area contributed by atoms with Crippen LogP contribution in [0.2, 0.25) is 0 Å². The molecule has 2 fully saturated rings. The van der Waals surface area contributed by atoms with Crippen molar-refractivity contribution in [2.45, 2.75) is 107 Å². The third kappa shape index (κ3) is 11.3. The maximum atomic E-state index is 13.5. The third-order valence-corrected chi connectivity index (χ3v) is 11.2. The molecule has 4 aliphatic heterocycles. The van der Waals surface area contributed by atoms with Crippen molar-refractivity contribution in [1.82, 2.24) is 0 Å². The number of carbonyl (C=O) groups excluding carboxylic acids is 4. The van der Waals surface area contributed by atoms with Crippen molar-refractivity contribution in [3.05, 3.63) is 71.2 Å². The van der Waals surface area contributed by atoms with Crippen LogP contribution in [-0.2, 0) is 73.0 Å². The lowest BCUT2D eigenvalue weighted by molar-refractivity contribution is -0.328. The van der Waals surface area contributed by atoms with Gasteiger partial charge in [-0.1, -0.05) is 18.2 Å². The molecule has 23 nitrogen and oxygen atoms in total. The molecule has 0 bridgehead atoms. The van der Waals surface area contributed by atoms with Crippen molar-refractivity contribution in [3.8, 4) is 11.5 Å². The Hall–Kier alpha value is -5.18. The highest BCUT2D eigenvalue weighted by Crippen LogP contribution is 2.43. The predicted octanol–water partition coefficient (Wildman–Crippen LogP) is -1.90. The number of aliphatic hydroxyl groups excluding tert-OH is 7. The van der Waals surface area contributed by atoms with E-state index >= 15 is 0 Å². The number of benzene rings is 1. The summed E-state index contributed by atoms with van der Waals surface area (Å²) in [7, 11) is 2.17. The zero-order chi connectivity index (χ0) is 47.7. The molecule has 1 aromatic carbocycles. The van der Waals surface area contributed by atoms with E-state index in [0.717, 1.165) is 26.7 Å². The van der Waals surface area contributed by atoms with Crippen LogP contribution in [0, 0.1) is 11.3 Å². The van der Waals surface area contributed by atoms with E-state index < -0.39 is 135 Å². The lowest BCUT2D eigenvalue weighted by Gasteiger charge is -2.43. The Morgan fingerprint density at radius 3 is 2.00 bits per heavy atom. The Balaban J connectivity index is 1.25. The molecule has 23 heteroatoms. The predicted molar refractivity (Wildman–Crippen MR) is 212 cm³/mol. The first-order valence-corrected chi connectivity index (χ1v) is 20.3. The van der Waals surface area contributed by atoms with Crippen LogP contribution < -0.4 is 0 Å². The van der Waals surface area contributed by atoms with Gasteiger partial charge in [-0.3, -0.25) is 14.4 Å². The normalized spacial score (nSPS) is 34.8. The molecule has 65 heavy (non-hydrogen) atoms. The van der Waals surface area contributed by atoms with Gasteiger partial charge < -0.3 is 93.3 Å². The number of hydrogen-bond donors (Lipinski definition) is 9. The number of phenolic OH excluding ortho intramolecular Hbond substituents is 2. The maximum absolute atomic E-state index is 13.5. The van der Waals surface area contributed by atoms with Gasteiger partial charge in [0.25, 0.3) is 0 Å². The maximum Gasteiger partial charge on any atom is 0.337 e. The fourth-order valence-corrected chi connectivity index (χ4v) is 7.61. The smallest absolute Gasteiger partial charge is 0.337 e. The summed E-state index contributed by atoms with van der Waals surface area (Å²) >= 11 is 0. The van der Waals surface area contributed by atoms with Crippen LogP contribution in [0.1, 0.15) is 32.3 Å². The third-order valence-electron chi connectivity index (χ3n) is 11.2. The molecule has 4 aliphatic rings. The second kappa shape index (κ2) is 22.3. The van der Waals surface area contributed by atoms with Gasteiger partial charge in [0.2, 0.25) is 12.6 Å². The van der Waals surface area contributed by atoms with Crippen LogP contribution in [0.4, 0.5) is 0 Å². The fourth-order valence-electron chi connectivity index (χ4n) is 7.61. The van der Waals surface area contributed by atoms with Crippen molar-refractivity contribution in [1.29, 1.82) is 0 Å². The topological polar surface area (TPSA) is 343 Å². The molecule has 0 saturated carbocycles.